The third-order valence-corrected chi connectivity index (χ3v) is 22.6. The van der Waals surface area contributed by atoms with Crippen molar-refractivity contribution < 1.29 is 0 Å². The molecule has 0 amide bonds. The summed E-state index contributed by atoms with van der Waals surface area (Å²) < 4.78 is 0. The van der Waals surface area contributed by atoms with E-state index in [0.29, 0.717) is 0 Å². The molecule has 0 aromatic carbocycles. The minimum absolute atomic E-state index is 0.897. The van der Waals surface area contributed by atoms with Crippen molar-refractivity contribution in [1.82, 2.24) is 9.80 Å². The van der Waals surface area contributed by atoms with E-state index in [2.05, 4.69) is 23.9 Å². The van der Waals surface area contributed by atoms with E-state index in [-0.39, 0.29) is 0 Å². The number of nitrogens with zero attached hydrogens (tertiary/aromatic N) is 2. The molecule has 10 saturated carbocycles. The van der Waals surface area contributed by atoms with Crippen LogP contribution in [-0.4, -0.2) is 48.1 Å². The first kappa shape index (κ1) is 41.9. The summed E-state index contributed by atoms with van der Waals surface area (Å²) in [6.45, 7) is 0. The lowest BCUT2D eigenvalue weighted by Crippen LogP contribution is -2.56. The topological polar surface area (TPSA) is 6.48 Å². The van der Waals surface area contributed by atoms with Gasteiger partial charge >= 0.3 is 0 Å². The molecule has 330 valence electrons. The SMILES string of the molecule is CN(C1CCCCC1)C1CCC(C2CCC(C3CC4CCCCC4C4C(C5CCC(C6CCC(N(C)C7CCCCC7)CC6)CC5)CC5CCCCC5C34)CC2)CC1. The second-order valence-electron chi connectivity index (χ2n) is 24.8. The molecule has 8 atom stereocenters. The van der Waals surface area contributed by atoms with Gasteiger partial charge in [0.2, 0.25) is 0 Å². The first-order chi connectivity index (χ1) is 28.6. The predicted molar refractivity (Wildman–Crippen MR) is 246 cm³/mol. The largest absolute Gasteiger partial charge is 0.300 e. The van der Waals surface area contributed by atoms with E-state index in [4.69, 9.17) is 0 Å². The highest BCUT2D eigenvalue weighted by molar-refractivity contribution is 5.07. The Morgan fingerprint density at radius 3 is 0.862 bits per heavy atom. The normalized spacial score (nSPS) is 47.6. The van der Waals surface area contributed by atoms with Gasteiger partial charge in [-0.3, -0.25) is 0 Å². The van der Waals surface area contributed by atoms with Crippen LogP contribution >= 0.6 is 0 Å². The number of rotatable bonds is 8. The van der Waals surface area contributed by atoms with Gasteiger partial charge in [0, 0.05) is 24.2 Å². The Balaban J connectivity index is 0.775. The Hall–Kier alpha value is -0.0800. The Bertz CT molecular complexity index is 1140. The summed E-state index contributed by atoms with van der Waals surface area (Å²) in [5.41, 5.74) is 0. The van der Waals surface area contributed by atoms with E-state index >= 15 is 0 Å². The summed E-state index contributed by atoms with van der Waals surface area (Å²) in [7, 11) is 5.03. The maximum atomic E-state index is 2.88. The highest BCUT2D eigenvalue weighted by atomic mass is 15.2. The smallest absolute Gasteiger partial charge is 0.00953 e. The van der Waals surface area contributed by atoms with Crippen molar-refractivity contribution in [2.75, 3.05) is 14.1 Å². The minimum Gasteiger partial charge on any atom is -0.300 e. The molecule has 8 unspecified atom stereocenters. The van der Waals surface area contributed by atoms with Gasteiger partial charge in [-0.05, 0) is 251 Å². The van der Waals surface area contributed by atoms with Gasteiger partial charge in [-0.25, -0.2) is 0 Å². The van der Waals surface area contributed by atoms with Gasteiger partial charge in [0.15, 0.2) is 0 Å². The Morgan fingerprint density at radius 1 is 0.224 bits per heavy atom. The standard InChI is InChI=1S/C56H96N2/c1-57(47-15-5-3-6-16-47)49-33-29-41(30-34-49)39-21-25-43(26-22-39)53-37-45-13-9-12-20-52(45)56-54(38-46-14-10-11-19-51(46)55(53)56)44-27-23-40(24-28-44)42-31-35-50(36-32-42)58(2)48-17-7-4-8-18-48/h39-56H,3-38H2,1-2H3. The summed E-state index contributed by atoms with van der Waals surface area (Å²) in [6.07, 6.45) is 56.2. The summed E-state index contributed by atoms with van der Waals surface area (Å²) in [4.78, 5) is 5.77. The van der Waals surface area contributed by atoms with Crippen molar-refractivity contribution in [1.29, 1.82) is 0 Å². The van der Waals surface area contributed by atoms with Gasteiger partial charge in [-0.15, -0.1) is 0 Å². The second kappa shape index (κ2) is 19.3. The zero-order chi connectivity index (χ0) is 39.0. The van der Waals surface area contributed by atoms with E-state index in [1.165, 1.54) is 89.9 Å². The third kappa shape index (κ3) is 8.87. The number of fused-ring (bicyclic) bond motifs is 5. The quantitative estimate of drug-likeness (QED) is 0.241. The van der Waals surface area contributed by atoms with Crippen molar-refractivity contribution >= 4 is 0 Å². The lowest BCUT2D eigenvalue weighted by atomic mass is 9.42. The Kier molecular flexibility index (Phi) is 14.0. The van der Waals surface area contributed by atoms with Crippen molar-refractivity contribution in [3.05, 3.63) is 0 Å². The molecule has 10 aliphatic carbocycles. The second-order valence-corrected chi connectivity index (χ2v) is 24.8. The zero-order valence-electron chi connectivity index (χ0n) is 38.7. The lowest BCUT2D eigenvalue weighted by molar-refractivity contribution is -0.140. The van der Waals surface area contributed by atoms with Crippen LogP contribution in [-0.2, 0) is 0 Å². The van der Waals surface area contributed by atoms with Crippen LogP contribution in [0.3, 0.4) is 0 Å². The van der Waals surface area contributed by atoms with Crippen LogP contribution in [0.5, 0.6) is 0 Å². The molecule has 0 aromatic heterocycles. The molecule has 0 saturated heterocycles. The van der Waals surface area contributed by atoms with Crippen molar-refractivity contribution in [3.63, 3.8) is 0 Å². The van der Waals surface area contributed by atoms with Crippen molar-refractivity contribution in [2.24, 2.45) is 82.9 Å². The fourth-order valence-electron chi connectivity index (χ4n) is 19.5. The summed E-state index contributed by atoms with van der Waals surface area (Å²) in [5.74, 6) is 15.4. The molecular weight excluding hydrogens is 701 g/mol. The number of hydrogen-bond donors (Lipinski definition) is 0. The molecule has 2 heteroatoms. The van der Waals surface area contributed by atoms with Gasteiger partial charge in [0.1, 0.15) is 0 Å². The molecule has 0 aromatic rings. The molecule has 0 radical (unpaired) electrons. The van der Waals surface area contributed by atoms with Crippen LogP contribution < -0.4 is 0 Å². The van der Waals surface area contributed by atoms with Crippen LogP contribution in [0.4, 0.5) is 0 Å². The average Bonchev–Trinajstić information content (AvgIpc) is 3.31. The average molecular weight is 797 g/mol. The monoisotopic (exact) mass is 797 g/mol. The van der Waals surface area contributed by atoms with Crippen LogP contribution in [0.15, 0.2) is 0 Å². The minimum atomic E-state index is 0.897. The first-order valence-corrected chi connectivity index (χ1v) is 28.0. The fourth-order valence-corrected chi connectivity index (χ4v) is 19.5. The van der Waals surface area contributed by atoms with Crippen LogP contribution in [0, 0.1) is 82.9 Å². The summed E-state index contributed by atoms with van der Waals surface area (Å²) in [5, 5.41) is 0. The first-order valence-electron chi connectivity index (χ1n) is 28.0. The summed E-state index contributed by atoms with van der Waals surface area (Å²) in [6, 6.07) is 3.60. The molecule has 2 nitrogen and oxygen atoms in total. The van der Waals surface area contributed by atoms with Gasteiger partial charge in [0.25, 0.3) is 0 Å². The van der Waals surface area contributed by atoms with E-state index in [9.17, 15) is 0 Å². The van der Waals surface area contributed by atoms with Crippen LogP contribution in [0.1, 0.15) is 231 Å². The molecule has 10 aliphatic rings. The zero-order valence-corrected chi connectivity index (χ0v) is 38.7. The summed E-state index contributed by atoms with van der Waals surface area (Å²) >= 11 is 0. The van der Waals surface area contributed by atoms with Gasteiger partial charge < -0.3 is 9.80 Å². The molecule has 0 heterocycles. The van der Waals surface area contributed by atoms with Gasteiger partial charge in [-0.2, -0.15) is 0 Å². The Morgan fingerprint density at radius 2 is 0.500 bits per heavy atom. The molecule has 0 spiro atoms. The highest BCUT2D eigenvalue weighted by Crippen LogP contribution is 2.65. The Labute approximate surface area is 360 Å². The molecule has 0 N–H and O–H groups in total. The fraction of sp³-hybridized carbons (Fsp3) is 1.00. The number of hydrogen-bond acceptors (Lipinski definition) is 2. The van der Waals surface area contributed by atoms with Crippen molar-refractivity contribution in [2.45, 2.75) is 255 Å². The van der Waals surface area contributed by atoms with E-state index in [1.807, 2.05) is 0 Å². The lowest BCUT2D eigenvalue weighted by Gasteiger charge is -2.63. The third-order valence-electron chi connectivity index (χ3n) is 22.6. The maximum Gasteiger partial charge on any atom is 0.00953 e. The maximum absolute atomic E-state index is 2.88. The molecule has 0 aliphatic heterocycles. The molecule has 0 bridgehead atoms. The molecule has 10 fully saturated rings. The van der Waals surface area contributed by atoms with E-state index in [1.54, 1.807) is 141 Å². The molecule has 58 heavy (non-hydrogen) atoms. The van der Waals surface area contributed by atoms with E-state index < -0.39 is 0 Å². The van der Waals surface area contributed by atoms with Crippen LogP contribution in [0.25, 0.3) is 0 Å². The highest BCUT2D eigenvalue weighted by Gasteiger charge is 2.58. The molecule has 10 rings (SSSR count). The van der Waals surface area contributed by atoms with Crippen LogP contribution in [0.2, 0.25) is 0 Å². The van der Waals surface area contributed by atoms with Crippen molar-refractivity contribution in [3.8, 4) is 0 Å². The molecular formula is C56H96N2. The predicted octanol–water partition coefficient (Wildman–Crippen LogP) is 15.1. The van der Waals surface area contributed by atoms with Gasteiger partial charge in [0.05, 0.1) is 0 Å². The van der Waals surface area contributed by atoms with E-state index in [0.717, 1.165) is 107 Å². The van der Waals surface area contributed by atoms with Gasteiger partial charge in [-0.1, -0.05) is 77.0 Å².